The summed E-state index contributed by atoms with van der Waals surface area (Å²) in [4.78, 5) is 29.8. The summed E-state index contributed by atoms with van der Waals surface area (Å²) in [7, 11) is 0. The lowest BCUT2D eigenvalue weighted by molar-refractivity contribution is 0.122. The van der Waals surface area contributed by atoms with Gasteiger partial charge in [-0.05, 0) is 30.2 Å². The minimum atomic E-state index is -0.261. The third-order valence-corrected chi connectivity index (χ3v) is 6.51. The zero-order chi connectivity index (χ0) is 23.1. The molecule has 0 saturated carbocycles. The van der Waals surface area contributed by atoms with Gasteiger partial charge in [0.2, 0.25) is 17.7 Å². The minimum Gasteiger partial charge on any atom is -0.378 e. The number of nitriles is 1. The van der Waals surface area contributed by atoms with Crippen molar-refractivity contribution in [2.24, 2.45) is 0 Å². The smallest absolute Gasteiger partial charge is 0.236 e. The maximum atomic E-state index is 9.30. The van der Waals surface area contributed by atoms with E-state index in [9.17, 15) is 5.26 Å². The minimum absolute atomic E-state index is 0.0805. The Hall–Kier alpha value is -3.81. The summed E-state index contributed by atoms with van der Waals surface area (Å²) in [6.45, 7) is 3.52. The molecule has 1 N–H and O–H groups in total. The molecule has 0 spiro atoms. The van der Waals surface area contributed by atoms with Crippen LogP contribution in [-0.4, -0.2) is 62.8 Å². The molecule has 170 valence electrons. The van der Waals surface area contributed by atoms with Crippen molar-refractivity contribution in [1.29, 1.82) is 5.26 Å². The number of nitrogens with zero attached hydrogens (tertiary/aromatic N) is 8. The average molecular weight is 474 g/mol. The van der Waals surface area contributed by atoms with Gasteiger partial charge in [-0.15, -0.1) is 0 Å². The highest BCUT2D eigenvalue weighted by Gasteiger charge is 2.34. The van der Waals surface area contributed by atoms with E-state index in [1.807, 2.05) is 36.7 Å². The number of hydrogen-bond acceptors (Lipinski definition) is 9. The fourth-order valence-corrected chi connectivity index (χ4v) is 4.87. The topological polar surface area (TPSA) is 120 Å². The van der Waals surface area contributed by atoms with Gasteiger partial charge in [-0.25, -0.2) is 19.9 Å². The first-order valence-corrected chi connectivity index (χ1v) is 11.4. The Kier molecular flexibility index (Phi) is 5.20. The number of aromatic amines is 1. The molecule has 0 unspecified atom stereocenters. The van der Waals surface area contributed by atoms with Crippen LogP contribution in [-0.2, 0) is 11.2 Å². The number of ether oxygens (including phenoxy) is 1. The van der Waals surface area contributed by atoms with Crippen molar-refractivity contribution in [3.8, 4) is 6.07 Å². The van der Waals surface area contributed by atoms with Crippen LogP contribution in [0.4, 0.5) is 11.9 Å². The molecule has 5 heterocycles. The lowest BCUT2D eigenvalue weighted by Gasteiger charge is -2.36. The standard InChI is InChI=1S/C23H20ClN9O/c24-15-1-2-18-17(9-15)16-3-4-33(23-29-13-28-19(10-25)31-23)21(20(16)30-18)14-11-26-22(27-12-14)32-5-7-34-8-6-32/h1-2,9,11-13,21,30H,3-8H2/t21-/m0/s1. The van der Waals surface area contributed by atoms with Crippen molar-refractivity contribution < 1.29 is 4.74 Å². The molecule has 3 aromatic heterocycles. The normalized spacial score (nSPS) is 18.1. The van der Waals surface area contributed by atoms with Crippen LogP contribution in [0.5, 0.6) is 0 Å². The fourth-order valence-electron chi connectivity index (χ4n) is 4.70. The van der Waals surface area contributed by atoms with Crippen LogP contribution < -0.4 is 9.80 Å². The molecule has 11 heteroatoms. The number of fused-ring (bicyclic) bond motifs is 3. The molecular weight excluding hydrogens is 454 g/mol. The average Bonchev–Trinajstić information content (AvgIpc) is 3.26. The predicted molar refractivity (Wildman–Crippen MR) is 126 cm³/mol. The molecule has 6 rings (SSSR count). The first-order chi connectivity index (χ1) is 16.7. The summed E-state index contributed by atoms with van der Waals surface area (Å²) < 4.78 is 5.44. The van der Waals surface area contributed by atoms with Gasteiger partial charge in [0.15, 0.2) is 0 Å². The first kappa shape index (κ1) is 20.8. The van der Waals surface area contributed by atoms with Gasteiger partial charge >= 0.3 is 0 Å². The molecule has 0 aliphatic carbocycles. The summed E-state index contributed by atoms with van der Waals surface area (Å²) in [5.41, 5.74) is 4.13. The zero-order valence-electron chi connectivity index (χ0n) is 18.1. The third-order valence-electron chi connectivity index (χ3n) is 6.27. The van der Waals surface area contributed by atoms with Crippen LogP contribution in [0.15, 0.2) is 36.9 Å². The van der Waals surface area contributed by atoms with Crippen LogP contribution in [0.2, 0.25) is 5.02 Å². The Bertz CT molecular complexity index is 1390. The molecule has 2 aliphatic rings. The fraction of sp³-hybridized carbons (Fsp3) is 0.304. The summed E-state index contributed by atoms with van der Waals surface area (Å²) in [6.07, 6.45) is 5.85. The highest BCUT2D eigenvalue weighted by Crippen LogP contribution is 2.40. The molecule has 1 aromatic carbocycles. The second kappa shape index (κ2) is 8.52. The van der Waals surface area contributed by atoms with E-state index in [1.54, 1.807) is 0 Å². The second-order valence-corrected chi connectivity index (χ2v) is 8.63. The SMILES string of the molecule is N#Cc1ncnc(N2CCc3c([nH]c4ccc(Cl)cc34)[C@@H]2c2cnc(N3CCOCC3)nc2)n1. The van der Waals surface area contributed by atoms with E-state index in [2.05, 4.69) is 39.7 Å². The van der Waals surface area contributed by atoms with E-state index >= 15 is 0 Å². The number of H-pyrrole nitrogens is 1. The van der Waals surface area contributed by atoms with Crippen LogP contribution in [0.3, 0.4) is 0 Å². The molecule has 2 aliphatic heterocycles. The molecule has 0 radical (unpaired) electrons. The van der Waals surface area contributed by atoms with Crippen LogP contribution in [0.25, 0.3) is 10.9 Å². The van der Waals surface area contributed by atoms with E-state index in [0.717, 1.165) is 41.7 Å². The maximum absolute atomic E-state index is 9.30. The largest absolute Gasteiger partial charge is 0.378 e. The van der Waals surface area contributed by atoms with Crippen LogP contribution >= 0.6 is 11.6 Å². The van der Waals surface area contributed by atoms with E-state index in [0.29, 0.717) is 36.7 Å². The molecule has 0 amide bonds. The van der Waals surface area contributed by atoms with Crippen molar-refractivity contribution in [1.82, 2.24) is 29.9 Å². The van der Waals surface area contributed by atoms with Gasteiger partial charge in [0, 0.05) is 59.2 Å². The van der Waals surface area contributed by atoms with E-state index in [1.165, 1.54) is 11.9 Å². The second-order valence-electron chi connectivity index (χ2n) is 8.19. The molecule has 34 heavy (non-hydrogen) atoms. The summed E-state index contributed by atoms with van der Waals surface area (Å²) in [5.74, 6) is 1.21. The van der Waals surface area contributed by atoms with Gasteiger partial charge in [0.25, 0.3) is 0 Å². The van der Waals surface area contributed by atoms with Crippen molar-refractivity contribution >= 4 is 34.4 Å². The Morgan fingerprint density at radius 1 is 1.06 bits per heavy atom. The van der Waals surface area contributed by atoms with Crippen molar-refractivity contribution in [2.75, 3.05) is 42.6 Å². The Morgan fingerprint density at radius 2 is 1.88 bits per heavy atom. The van der Waals surface area contributed by atoms with Gasteiger partial charge in [-0.3, -0.25) is 0 Å². The number of aromatic nitrogens is 6. The number of nitrogens with one attached hydrogen (secondary N) is 1. The Labute approximate surface area is 200 Å². The van der Waals surface area contributed by atoms with Crippen molar-refractivity contribution in [2.45, 2.75) is 12.5 Å². The van der Waals surface area contributed by atoms with Gasteiger partial charge < -0.3 is 19.5 Å². The summed E-state index contributed by atoms with van der Waals surface area (Å²) in [6, 6.07) is 7.60. The molecule has 1 saturated heterocycles. The van der Waals surface area contributed by atoms with E-state index in [-0.39, 0.29) is 11.9 Å². The highest BCUT2D eigenvalue weighted by molar-refractivity contribution is 6.31. The number of anilines is 2. The van der Waals surface area contributed by atoms with E-state index < -0.39 is 0 Å². The quantitative estimate of drug-likeness (QED) is 0.478. The first-order valence-electron chi connectivity index (χ1n) is 11.0. The summed E-state index contributed by atoms with van der Waals surface area (Å²) >= 11 is 6.31. The number of rotatable bonds is 3. The number of hydrogen-bond donors (Lipinski definition) is 1. The molecule has 1 atom stereocenters. The number of halogens is 1. The van der Waals surface area contributed by atoms with Gasteiger partial charge in [-0.1, -0.05) is 11.6 Å². The third kappa shape index (κ3) is 3.59. The summed E-state index contributed by atoms with van der Waals surface area (Å²) in [5, 5.41) is 11.1. The zero-order valence-corrected chi connectivity index (χ0v) is 18.9. The molecule has 0 bridgehead atoms. The van der Waals surface area contributed by atoms with Gasteiger partial charge in [-0.2, -0.15) is 10.2 Å². The maximum Gasteiger partial charge on any atom is 0.236 e. The lowest BCUT2D eigenvalue weighted by atomic mass is 9.94. The number of benzene rings is 1. The van der Waals surface area contributed by atoms with Gasteiger partial charge in [0.1, 0.15) is 18.4 Å². The molecule has 10 nitrogen and oxygen atoms in total. The number of morpholine rings is 1. The van der Waals surface area contributed by atoms with Crippen LogP contribution in [0.1, 0.15) is 28.7 Å². The van der Waals surface area contributed by atoms with Crippen molar-refractivity contribution in [3.63, 3.8) is 0 Å². The van der Waals surface area contributed by atoms with E-state index in [4.69, 9.17) is 16.3 Å². The monoisotopic (exact) mass is 473 g/mol. The molecule has 1 fully saturated rings. The van der Waals surface area contributed by atoms with Crippen molar-refractivity contribution in [3.05, 3.63) is 64.6 Å². The highest BCUT2D eigenvalue weighted by atomic mass is 35.5. The van der Waals surface area contributed by atoms with Crippen LogP contribution in [0, 0.1) is 11.3 Å². The Balaban J connectivity index is 1.46. The lowest BCUT2D eigenvalue weighted by Crippen LogP contribution is -2.38. The van der Waals surface area contributed by atoms with Gasteiger partial charge in [0.05, 0.1) is 13.2 Å². The Morgan fingerprint density at radius 3 is 2.68 bits per heavy atom. The molecule has 4 aromatic rings. The predicted octanol–water partition coefficient (Wildman–Crippen LogP) is 2.66. The molecular formula is C23H20ClN9O.